The standard InChI is InChI=1S/C26H30N2O2/c1-20-23(29-2)16-17-27-25(20)24-19-28(26(30-24)22-14-7-4-8-15-22)18-10-9-13-21-11-5-3-6-12-21/h3-8,11-12,14-17,24,26H,9-10,13,18-19H2,1-2H3. The van der Waals surface area contributed by atoms with Crippen LogP contribution in [0, 0.1) is 6.92 Å². The zero-order chi connectivity index (χ0) is 20.8. The fourth-order valence-corrected chi connectivity index (χ4v) is 4.23. The molecule has 1 aromatic heterocycles. The first-order valence-electron chi connectivity index (χ1n) is 10.7. The minimum atomic E-state index is -0.0561. The lowest BCUT2D eigenvalue weighted by Gasteiger charge is -2.23. The number of aromatic nitrogens is 1. The van der Waals surface area contributed by atoms with Gasteiger partial charge in [-0.2, -0.15) is 0 Å². The first-order chi connectivity index (χ1) is 14.8. The monoisotopic (exact) mass is 402 g/mol. The van der Waals surface area contributed by atoms with Gasteiger partial charge in [0.15, 0.2) is 0 Å². The van der Waals surface area contributed by atoms with Crippen molar-refractivity contribution in [1.82, 2.24) is 9.88 Å². The van der Waals surface area contributed by atoms with Crippen molar-refractivity contribution < 1.29 is 9.47 Å². The molecular formula is C26H30N2O2. The third-order valence-electron chi connectivity index (χ3n) is 5.83. The van der Waals surface area contributed by atoms with Crippen LogP contribution >= 0.6 is 0 Å². The Balaban J connectivity index is 1.46. The van der Waals surface area contributed by atoms with Crippen molar-refractivity contribution in [1.29, 1.82) is 0 Å². The SMILES string of the molecule is COc1ccnc(C2CN(CCCCc3ccccc3)C(c3ccccc3)O2)c1C. The quantitative estimate of drug-likeness (QED) is 0.467. The Hall–Kier alpha value is -2.69. The average molecular weight is 403 g/mol. The Kier molecular flexibility index (Phi) is 6.77. The van der Waals surface area contributed by atoms with Crippen LogP contribution in [0.5, 0.6) is 5.75 Å². The van der Waals surface area contributed by atoms with Crippen molar-refractivity contribution in [2.45, 2.75) is 38.5 Å². The fraction of sp³-hybridized carbons (Fsp3) is 0.346. The Morgan fingerprint density at radius 1 is 1.00 bits per heavy atom. The van der Waals surface area contributed by atoms with Crippen molar-refractivity contribution >= 4 is 0 Å². The van der Waals surface area contributed by atoms with Crippen molar-refractivity contribution in [2.24, 2.45) is 0 Å². The molecule has 2 unspecified atom stereocenters. The predicted molar refractivity (Wildman–Crippen MR) is 119 cm³/mol. The smallest absolute Gasteiger partial charge is 0.137 e. The van der Waals surface area contributed by atoms with Gasteiger partial charge in [-0.3, -0.25) is 9.88 Å². The first kappa shape index (κ1) is 20.6. The van der Waals surface area contributed by atoms with Crippen LogP contribution in [0.25, 0.3) is 0 Å². The molecule has 1 aliphatic rings. The molecule has 30 heavy (non-hydrogen) atoms. The minimum absolute atomic E-state index is 0.0414. The molecule has 4 nitrogen and oxygen atoms in total. The van der Waals surface area contributed by atoms with Crippen LogP contribution in [0.4, 0.5) is 0 Å². The second-order valence-corrected chi connectivity index (χ2v) is 7.85. The van der Waals surface area contributed by atoms with E-state index in [0.29, 0.717) is 0 Å². The third-order valence-corrected chi connectivity index (χ3v) is 5.83. The van der Waals surface area contributed by atoms with Gasteiger partial charge in [-0.15, -0.1) is 0 Å². The summed E-state index contributed by atoms with van der Waals surface area (Å²) in [6.07, 6.45) is 5.14. The highest BCUT2D eigenvalue weighted by Crippen LogP contribution is 2.39. The zero-order valence-corrected chi connectivity index (χ0v) is 17.8. The summed E-state index contributed by atoms with van der Waals surface area (Å²) in [5, 5.41) is 0. The lowest BCUT2D eigenvalue weighted by molar-refractivity contribution is -0.00433. The number of methoxy groups -OCH3 is 1. The van der Waals surface area contributed by atoms with Crippen molar-refractivity contribution in [3.05, 3.63) is 95.3 Å². The highest BCUT2D eigenvalue weighted by atomic mass is 16.5. The maximum atomic E-state index is 6.55. The highest BCUT2D eigenvalue weighted by molar-refractivity contribution is 5.36. The third kappa shape index (κ3) is 4.72. The first-order valence-corrected chi connectivity index (χ1v) is 10.7. The lowest BCUT2D eigenvalue weighted by atomic mass is 10.1. The zero-order valence-electron chi connectivity index (χ0n) is 17.8. The molecule has 4 rings (SSSR count). The molecule has 0 spiro atoms. The normalized spacial score (nSPS) is 19.1. The van der Waals surface area contributed by atoms with Crippen molar-refractivity contribution in [3.8, 4) is 5.75 Å². The van der Waals surface area contributed by atoms with Crippen LogP contribution in [0.15, 0.2) is 72.9 Å². The minimum Gasteiger partial charge on any atom is -0.496 e. The molecule has 2 heterocycles. The molecule has 1 aliphatic heterocycles. The molecule has 2 atom stereocenters. The number of benzene rings is 2. The number of rotatable bonds is 8. The van der Waals surface area contributed by atoms with Crippen LogP contribution < -0.4 is 4.74 Å². The second-order valence-electron chi connectivity index (χ2n) is 7.85. The molecule has 0 saturated carbocycles. The van der Waals surface area contributed by atoms with E-state index in [4.69, 9.17) is 9.47 Å². The van der Waals surface area contributed by atoms with Crippen LogP contribution in [-0.2, 0) is 11.2 Å². The summed E-state index contributed by atoms with van der Waals surface area (Å²) >= 11 is 0. The van der Waals surface area contributed by atoms with E-state index in [1.807, 2.05) is 18.3 Å². The van der Waals surface area contributed by atoms with E-state index in [1.54, 1.807) is 7.11 Å². The molecular weight excluding hydrogens is 372 g/mol. The van der Waals surface area contributed by atoms with Crippen LogP contribution in [0.2, 0.25) is 0 Å². The summed E-state index contributed by atoms with van der Waals surface area (Å²) < 4.78 is 12.0. The second kappa shape index (κ2) is 9.88. The average Bonchev–Trinajstić information content (AvgIpc) is 3.22. The number of ether oxygens (including phenoxy) is 2. The molecule has 0 radical (unpaired) electrons. The maximum Gasteiger partial charge on any atom is 0.137 e. The van der Waals surface area contributed by atoms with Gasteiger partial charge in [0, 0.05) is 24.8 Å². The van der Waals surface area contributed by atoms with Crippen molar-refractivity contribution in [2.75, 3.05) is 20.2 Å². The Morgan fingerprint density at radius 3 is 2.47 bits per heavy atom. The molecule has 1 fully saturated rings. The molecule has 0 amide bonds. The molecule has 0 N–H and O–H groups in total. The van der Waals surface area contributed by atoms with Crippen LogP contribution in [0.3, 0.4) is 0 Å². The number of nitrogens with zero attached hydrogens (tertiary/aromatic N) is 2. The van der Waals surface area contributed by atoms with E-state index >= 15 is 0 Å². The van der Waals surface area contributed by atoms with Gasteiger partial charge in [0.05, 0.1) is 12.8 Å². The largest absolute Gasteiger partial charge is 0.496 e. The van der Waals surface area contributed by atoms with Gasteiger partial charge in [0.1, 0.15) is 18.1 Å². The predicted octanol–water partition coefficient (Wildman–Crippen LogP) is 5.49. The van der Waals surface area contributed by atoms with Gasteiger partial charge in [-0.1, -0.05) is 60.7 Å². The van der Waals surface area contributed by atoms with Gasteiger partial charge in [-0.25, -0.2) is 0 Å². The molecule has 0 bridgehead atoms. The Labute approximate surface area is 179 Å². The number of unbranched alkanes of at least 4 members (excludes halogenated alkanes) is 1. The van der Waals surface area contributed by atoms with E-state index in [1.165, 1.54) is 17.5 Å². The molecule has 3 aromatic rings. The topological polar surface area (TPSA) is 34.6 Å². The van der Waals surface area contributed by atoms with Gasteiger partial charge < -0.3 is 9.47 Å². The maximum absolute atomic E-state index is 6.55. The lowest BCUT2D eigenvalue weighted by Crippen LogP contribution is -2.25. The molecule has 1 saturated heterocycles. The number of aryl methyl sites for hydroxylation is 1. The van der Waals surface area contributed by atoms with E-state index < -0.39 is 0 Å². The van der Waals surface area contributed by atoms with Gasteiger partial charge >= 0.3 is 0 Å². The van der Waals surface area contributed by atoms with Gasteiger partial charge in [-0.05, 0) is 43.4 Å². The molecule has 2 aromatic carbocycles. The highest BCUT2D eigenvalue weighted by Gasteiger charge is 2.36. The van der Waals surface area contributed by atoms with E-state index in [2.05, 4.69) is 71.4 Å². The summed E-state index contributed by atoms with van der Waals surface area (Å²) in [6, 6.07) is 23.1. The molecule has 4 heteroatoms. The van der Waals surface area contributed by atoms with Gasteiger partial charge in [0.25, 0.3) is 0 Å². The summed E-state index contributed by atoms with van der Waals surface area (Å²) in [6.45, 7) is 3.91. The number of hydrogen-bond donors (Lipinski definition) is 0. The van der Waals surface area contributed by atoms with Crippen molar-refractivity contribution in [3.63, 3.8) is 0 Å². The molecule has 0 aliphatic carbocycles. The van der Waals surface area contributed by atoms with Gasteiger partial charge in [0.2, 0.25) is 0 Å². The Morgan fingerprint density at radius 2 is 1.73 bits per heavy atom. The molecule has 156 valence electrons. The van der Waals surface area contributed by atoms with E-state index in [0.717, 1.165) is 42.9 Å². The fourth-order valence-electron chi connectivity index (χ4n) is 4.23. The number of hydrogen-bond acceptors (Lipinski definition) is 4. The Bertz CT molecular complexity index is 930. The number of pyridine rings is 1. The summed E-state index contributed by atoms with van der Waals surface area (Å²) in [4.78, 5) is 7.09. The van der Waals surface area contributed by atoms with E-state index in [9.17, 15) is 0 Å². The summed E-state index contributed by atoms with van der Waals surface area (Å²) in [7, 11) is 1.70. The van der Waals surface area contributed by atoms with E-state index in [-0.39, 0.29) is 12.3 Å². The van der Waals surface area contributed by atoms with Crippen LogP contribution in [0.1, 0.15) is 47.6 Å². The summed E-state index contributed by atoms with van der Waals surface area (Å²) in [5.74, 6) is 0.862. The summed E-state index contributed by atoms with van der Waals surface area (Å²) in [5.41, 5.74) is 4.64. The van der Waals surface area contributed by atoms with Crippen LogP contribution in [-0.4, -0.2) is 30.1 Å².